The van der Waals surface area contributed by atoms with Crippen LogP contribution in [0.15, 0.2) is 33.6 Å². The van der Waals surface area contributed by atoms with Crippen LogP contribution in [0.4, 0.5) is 0 Å². The van der Waals surface area contributed by atoms with Gasteiger partial charge in [-0.15, -0.1) is 11.8 Å². The van der Waals surface area contributed by atoms with Crippen LogP contribution in [0, 0.1) is 0 Å². The van der Waals surface area contributed by atoms with E-state index in [4.69, 9.17) is 4.74 Å². The molecule has 0 saturated heterocycles. The lowest BCUT2D eigenvalue weighted by Crippen LogP contribution is -2.50. The standard InChI is InChI=1S/C13H18BrNO2S/c1-4-17-12(16)13(2,15-3)9-18-11-8-6-5-7-10(11)14/h5-8,15H,4,9H2,1-3H3. The molecule has 0 bridgehead atoms. The molecule has 1 aromatic rings. The van der Waals surface area contributed by atoms with Crippen LogP contribution < -0.4 is 5.32 Å². The zero-order valence-electron chi connectivity index (χ0n) is 10.8. The van der Waals surface area contributed by atoms with Crippen LogP contribution >= 0.6 is 27.7 Å². The van der Waals surface area contributed by atoms with Crippen molar-refractivity contribution in [1.82, 2.24) is 5.32 Å². The molecule has 0 fully saturated rings. The maximum atomic E-state index is 11.9. The first kappa shape index (κ1) is 15.5. The number of halogens is 1. The van der Waals surface area contributed by atoms with E-state index < -0.39 is 5.54 Å². The van der Waals surface area contributed by atoms with Crippen molar-refractivity contribution in [2.24, 2.45) is 0 Å². The van der Waals surface area contributed by atoms with Gasteiger partial charge in [-0.25, -0.2) is 0 Å². The van der Waals surface area contributed by atoms with Crippen molar-refractivity contribution in [3.8, 4) is 0 Å². The minimum absolute atomic E-state index is 0.216. The third-order valence-corrected chi connectivity index (χ3v) is 4.97. The summed E-state index contributed by atoms with van der Waals surface area (Å²) in [6.45, 7) is 4.07. The van der Waals surface area contributed by atoms with Crippen molar-refractivity contribution >= 4 is 33.7 Å². The van der Waals surface area contributed by atoms with Crippen molar-refractivity contribution < 1.29 is 9.53 Å². The van der Waals surface area contributed by atoms with Crippen molar-refractivity contribution in [3.05, 3.63) is 28.7 Å². The fourth-order valence-electron chi connectivity index (χ4n) is 1.31. The number of nitrogens with one attached hydrogen (secondary N) is 1. The van der Waals surface area contributed by atoms with Crippen LogP contribution in [-0.4, -0.2) is 30.9 Å². The molecular formula is C13H18BrNO2S. The molecule has 18 heavy (non-hydrogen) atoms. The van der Waals surface area contributed by atoms with E-state index in [1.54, 1.807) is 18.8 Å². The minimum Gasteiger partial charge on any atom is -0.465 e. The highest BCUT2D eigenvalue weighted by Crippen LogP contribution is 2.29. The van der Waals surface area contributed by atoms with Crippen LogP contribution in [0.1, 0.15) is 13.8 Å². The fourth-order valence-corrected chi connectivity index (χ4v) is 3.02. The second-order valence-electron chi connectivity index (χ2n) is 4.02. The predicted molar refractivity (Wildman–Crippen MR) is 79.0 cm³/mol. The third-order valence-electron chi connectivity index (χ3n) is 2.63. The number of carbonyl (C=O) groups excluding carboxylic acids is 1. The molecule has 0 saturated carbocycles. The van der Waals surface area contributed by atoms with E-state index in [2.05, 4.69) is 21.2 Å². The molecule has 0 spiro atoms. The molecule has 3 nitrogen and oxygen atoms in total. The zero-order chi connectivity index (χ0) is 13.6. The Morgan fingerprint density at radius 3 is 2.72 bits per heavy atom. The Balaban J connectivity index is 2.70. The normalized spacial score (nSPS) is 14.0. The number of benzene rings is 1. The van der Waals surface area contributed by atoms with Crippen LogP contribution in [0.3, 0.4) is 0 Å². The maximum absolute atomic E-state index is 11.9. The topological polar surface area (TPSA) is 38.3 Å². The molecular weight excluding hydrogens is 314 g/mol. The average molecular weight is 332 g/mol. The molecule has 0 aliphatic carbocycles. The molecule has 0 heterocycles. The van der Waals surface area contributed by atoms with Gasteiger partial charge in [0.25, 0.3) is 0 Å². The first-order chi connectivity index (χ1) is 8.53. The Labute approximate surface area is 121 Å². The second kappa shape index (κ2) is 7.16. The summed E-state index contributed by atoms with van der Waals surface area (Å²) in [6, 6.07) is 7.96. The number of ether oxygens (including phenoxy) is 1. The molecule has 0 aromatic heterocycles. The van der Waals surface area contributed by atoms with E-state index in [0.717, 1.165) is 9.37 Å². The summed E-state index contributed by atoms with van der Waals surface area (Å²) in [7, 11) is 1.78. The second-order valence-corrected chi connectivity index (χ2v) is 5.89. The van der Waals surface area contributed by atoms with E-state index >= 15 is 0 Å². The smallest absolute Gasteiger partial charge is 0.326 e. The first-order valence-electron chi connectivity index (χ1n) is 5.77. The lowest BCUT2D eigenvalue weighted by molar-refractivity contribution is -0.149. The van der Waals surface area contributed by atoms with Gasteiger partial charge >= 0.3 is 5.97 Å². The van der Waals surface area contributed by atoms with Crippen LogP contribution in [0.2, 0.25) is 0 Å². The van der Waals surface area contributed by atoms with Crippen LogP contribution in [0.5, 0.6) is 0 Å². The lowest BCUT2D eigenvalue weighted by Gasteiger charge is -2.26. The van der Waals surface area contributed by atoms with Gasteiger partial charge in [-0.2, -0.15) is 0 Å². The minimum atomic E-state index is -0.671. The highest BCUT2D eigenvalue weighted by molar-refractivity contribution is 9.10. The molecule has 0 aliphatic heterocycles. The van der Waals surface area contributed by atoms with Gasteiger partial charge in [0.05, 0.1) is 6.61 Å². The Hall–Kier alpha value is -0.520. The van der Waals surface area contributed by atoms with Gasteiger partial charge in [0.15, 0.2) is 0 Å². The number of carbonyl (C=O) groups is 1. The lowest BCUT2D eigenvalue weighted by atomic mass is 10.1. The summed E-state index contributed by atoms with van der Waals surface area (Å²) in [5.74, 6) is 0.400. The Kier molecular flexibility index (Phi) is 6.18. The highest BCUT2D eigenvalue weighted by atomic mass is 79.9. The molecule has 1 N–H and O–H groups in total. The predicted octanol–water partition coefficient (Wildman–Crippen LogP) is 3.08. The Morgan fingerprint density at radius 2 is 2.17 bits per heavy atom. The van der Waals surface area contributed by atoms with Crippen molar-refractivity contribution in [1.29, 1.82) is 0 Å². The molecule has 100 valence electrons. The van der Waals surface area contributed by atoms with E-state index in [1.807, 2.05) is 38.1 Å². The summed E-state index contributed by atoms with van der Waals surface area (Å²) >= 11 is 5.12. The van der Waals surface area contributed by atoms with Gasteiger partial charge in [0.1, 0.15) is 5.54 Å². The molecule has 0 amide bonds. The molecule has 1 unspecified atom stereocenters. The van der Waals surface area contributed by atoms with E-state index in [1.165, 1.54) is 0 Å². The summed E-state index contributed by atoms with van der Waals surface area (Å²) < 4.78 is 6.13. The Morgan fingerprint density at radius 1 is 1.50 bits per heavy atom. The largest absolute Gasteiger partial charge is 0.465 e. The maximum Gasteiger partial charge on any atom is 0.326 e. The van der Waals surface area contributed by atoms with Gasteiger partial charge in [-0.05, 0) is 49.0 Å². The molecule has 1 aromatic carbocycles. The quantitative estimate of drug-likeness (QED) is 0.642. The summed E-state index contributed by atoms with van der Waals surface area (Å²) in [5.41, 5.74) is -0.671. The summed E-state index contributed by atoms with van der Waals surface area (Å²) in [4.78, 5) is 13.0. The average Bonchev–Trinajstić information content (AvgIpc) is 2.37. The fraction of sp³-hybridized carbons (Fsp3) is 0.462. The van der Waals surface area contributed by atoms with Crippen LogP contribution in [-0.2, 0) is 9.53 Å². The first-order valence-corrected chi connectivity index (χ1v) is 7.55. The molecule has 0 aliphatic rings. The zero-order valence-corrected chi connectivity index (χ0v) is 13.2. The van der Waals surface area contributed by atoms with E-state index in [9.17, 15) is 4.79 Å². The third kappa shape index (κ3) is 4.00. The van der Waals surface area contributed by atoms with E-state index in [0.29, 0.717) is 12.4 Å². The molecule has 1 atom stereocenters. The van der Waals surface area contributed by atoms with Gasteiger partial charge in [-0.1, -0.05) is 12.1 Å². The monoisotopic (exact) mass is 331 g/mol. The number of hydrogen-bond acceptors (Lipinski definition) is 4. The highest BCUT2D eigenvalue weighted by Gasteiger charge is 2.33. The van der Waals surface area contributed by atoms with Gasteiger partial charge < -0.3 is 10.1 Å². The molecule has 1 rings (SSSR count). The number of esters is 1. The van der Waals surface area contributed by atoms with Gasteiger partial charge in [0.2, 0.25) is 0 Å². The summed E-state index contributed by atoms with van der Waals surface area (Å²) in [5, 5.41) is 3.04. The Bertz CT molecular complexity index is 414. The van der Waals surface area contributed by atoms with Crippen molar-refractivity contribution in [2.75, 3.05) is 19.4 Å². The van der Waals surface area contributed by atoms with Gasteiger partial charge in [-0.3, -0.25) is 4.79 Å². The van der Waals surface area contributed by atoms with Crippen molar-refractivity contribution in [3.63, 3.8) is 0 Å². The van der Waals surface area contributed by atoms with Crippen LogP contribution in [0.25, 0.3) is 0 Å². The van der Waals surface area contributed by atoms with Gasteiger partial charge in [0, 0.05) is 15.1 Å². The number of hydrogen-bond donors (Lipinski definition) is 1. The number of likely N-dealkylation sites (N-methyl/N-ethyl adjacent to an activating group) is 1. The van der Waals surface area contributed by atoms with Crippen molar-refractivity contribution in [2.45, 2.75) is 24.3 Å². The SMILES string of the molecule is CCOC(=O)C(C)(CSc1ccccc1Br)NC. The molecule has 5 heteroatoms. The number of rotatable bonds is 6. The summed E-state index contributed by atoms with van der Waals surface area (Å²) in [6.07, 6.45) is 0. The molecule has 0 radical (unpaired) electrons. The van der Waals surface area contributed by atoms with E-state index in [-0.39, 0.29) is 5.97 Å². The number of thioether (sulfide) groups is 1.